The van der Waals surface area contributed by atoms with Crippen molar-refractivity contribution in [2.45, 2.75) is 36.2 Å². The monoisotopic (exact) mass is 532 g/mol. The van der Waals surface area contributed by atoms with Crippen LogP contribution in [0.3, 0.4) is 0 Å². The van der Waals surface area contributed by atoms with Crippen LogP contribution in [0.5, 0.6) is 0 Å². The average Bonchev–Trinajstić information content (AvgIpc) is 3.17. The van der Waals surface area contributed by atoms with E-state index in [4.69, 9.17) is 9.47 Å². The maximum absolute atomic E-state index is 14.0. The van der Waals surface area contributed by atoms with Gasteiger partial charge in [0.25, 0.3) is 0 Å². The van der Waals surface area contributed by atoms with Crippen molar-refractivity contribution in [2.24, 2.45) is 0 Å². The number of alkyl halides is 3. The number of ether oxygens (including phenoxy) is 2. The number of H-pyrrole nitrogens is 1. The molecule has 0 spiro atoms. The molecule has 1 saturated heterocycles. The van der Waals surface area contributed by atoms with E-state index in [0.29, 0.717) is 31.2 Å². The summed E-state index contributed by atoms with van der Waals surface area (Å²) in [6.07, 6.45) is -1.81. The Morgan fingerprint density at radius 3 is 2.62 bits per heavy atom. The van der Waals surface area contributed by atoms with Crippen molar-refractivity contribution in [3.63, 3.8) is 0 Å². The summed E-state index contributed by atoms with van der Waals surface area (Å²) in [7, 11) is 0. The van der Waals surface area contributed by atoms with E-state index < -0.39 is 11.7 Å². The number of aromatic nitrogens is 1. The van der Waals surface area contributed by atoms with Gasteiger partial charge in [-0.3, -0.25) is 9.59 Å². The number of hydrogen-bond donors (Lipinski definition) is 1. The summed E-state index contributed by atoms with van der Waals surface area (Å²) in [5.74, 6) is -0.622. The number of nitrogens with zero attached hydrogens (tertiary/aromatic N) is 1. The van der Waals surface area contributed by atoms with E-state index in [2.05, 4.69) is 4.98 Å². The van der Waals surface area contributed by atoms with Crippen LogP contribution in [0, 0.1) is 6.92 Å². The van der Waals surface area contributed by atoms with Crippen molar-refractivity contribution >= 4 is 40.6 Å². The van der Waals surface area contributed by atoms with Crippen LogP contribution in [0.1, 0.15) is 29.3 Å². The van der Waals surface area contributed by atoms with Crippen molar-refractivity contribution in [3.8, 4) is 0 Å². The lowest BCUT2D eigenvalue weighted by atomic mass is 10.1. The highest BCUT2D eigenvalue weighted by atomic mass is 32.2. The molecular weight excluding hydrogens is 505 g/mol. The van der Waals surface area contributed by atoms with Crippen LogP contribution in [0.2, 0.25) is 0 Å². The number of fused-ring (bicyclic) bond motifs is 1. The average molecular weight is 533 g/mol. The normalized spacial score (nSPS) is 14.5. The van der Waals surface area contributed by atoms with Crippen molar-refractivity contribution in [1.29, 1.82) is 0 Å². The topological polar surface area (TPSA) is 71.6 Å². The van der Waals surface area contributed by atoms with Gasteiger partial charge in [0.2, 0.25) is 5.91 Å². The van der Waals surface area contributed by atoms with E-state index in [1.54, 1.807) is 36.1 Å². The zero-order valence-corrected chi connectivity index (χ0v) is 21.3. The number of esters is 1. The first kappa shape index (κ1) is 26.8. The van der Waals surface area contributed by atoms with E-state index in [1.165, 1.54) is 18.2 Å². The fourth-order valence-electron chi connectivity index (χ4n) is 4.15. The van der Waals surface area contributed by atoms with Gasteiger partial charge in [0.05, 0.1) is 31.8 Å². The minimum absolute atomic E-state index is 0.0442. The third-order valence-corrected chi connectivity index (χ3v) is 7.06. The predicted molar refractivity (Wildman–Crippen MR) is 135 cm³/mol. The largest absolute Gasteiger partial charge is 0.466 e. The fraction of sp³-hybridized carbons (Fsp3) is 0.333. The van der Waals surface area contributed by atoms with E-state index in [9.17, 15) is 22.8 Å². The molecule has 0 radical (unpaired) electrons. The third kappa shape index (κ3) is 6.56. The quantitative estimate of drug-likeness (QED) is 0.316. The first-order valence-corrected chi connectivity index (χ1v) is 12.7. The highest BCUT2D eigenvalue weighted by Crippen LogP contribution is 2.41. The molecule has 2 heterocycles. The maximum atomic E-state index is 14.0. The lowest BCUT2D eigenvalue weighted by Crippen LogP contribution is -2.39. The van der Waals surface area contributed by atoms with Crippen molar-refractivity contribution < 1.29 is 32.2 Å². The second kappa shape index (κ2) is 11.4. The van der Waals surface area contributed by atoms with Crippen LogP contribution in [-0.2, 0) is 31.7 Å². The Morgan fingerprint density at radius 2 is 1.92 bits per heavy atom. The lowest BCUT2D eigenvalue weighted by Gasteiger charge is -2.25. The second-order valence-electron chi connectivity index (χ2n) is 8.54. The standard InChI is InChI=1S/C27H27F3N2O4S/c1-3-36-26(34)16-20-17(2)31-23-7-6-19(15-21(20)23)37-24-8-4-18(14-22(24)27(28,29)30)5-9-25(33)32-10-12-35-13-11-32/h4-9,14-15,31H,3,10-13,16H2,1-2H3/b9-5+. The number of aryl methyl sites for hydroxylation is 1. The van der Waals surface area contributed by atoms with Gasteiger partial charge in [-0.2, -0.15) is 13.2 Å². The molecule has 196 valence electrons. The fourth-order valence-corrected chi connectivity index (χ4v) is 5.14. The van der Waals surface area contributed by atoms with Crippen LogP contribution in [0.25, 0.3) is 17.0 Å². The molecule has 10 heteroatoms. The Hall–Kier alpha value is -3.24. The van der Waals surface area contributed by atoms with Gasteiger partial charge in [-0.05, 0) is 61.4 Å². The molecule has 0 bridgehead atoms. The number of rotatable bonds is 7. The summed E-state index contributed by atoms with van der Waals surface area (Å²) < 4.78 is 52.2. The molecule has 0 saturated carbocycles. The van der Waals surface area contributed by atoms with Gasteiger partial charge >= 0.3 is 12.1 Å². The SMILES string of the molecule is CCOC(=O)Cc1c(C)[nH]c2ccc(Sc3ccc(/C=C/C(=O)N4CCOCC4)cc3C(F)(F)F)cc12. The molecule has 0 unspecified atom stereocenters. The van der Waals surface area contributed by atoms with Gasteiger partial charge in [0.15, 0.2) is 0 Å². The summed E-state index contributed by atoms with van der Waals surface area (Å²) >= 11 is 0.996. The number of carbonyl (C=O) groups is 2. The van der Waals surface area contributed by atoms with Crippen LogP contribution >= 0.6 is 11.8 Å². The molecular formula is C27H27F3N2O4S. The molecule has 2 aromatic carbocycles. The molecule has 1 amide bonds. The van der Waals surface area contributed by atoms with Crippen LogP contribution < -0.4 is 0 Å². The van der Waals surface area contributed by atoms with Crippen LogP contribution in [0.4, 0.5) is 13.2 Å². The minimum atomic E-state index is -4.58. The Balaban J connectivity index is 1.59. The van der Waals surface area contributed by atoms with Gasteiger partial charge in [-0.1, -0.05) is 17.8 Å². The molecule has 1 aliphatic rings. The van der Waals surface area contributed by atoms with Gasteiger partial charge in [0, 0.05) is 45.6 Å². The third-order valence-electron chi connectivity index (χ3n) is 6.00. The molecule has 37 heavy (non-hydrogen) atoms. The highest BCUT2D eigenvalue weighted by Gasteiger charge is 2.34. The number of halogens is 3. The first-order chi connectivity index (χ1) is 17.7. The molecule has 1 N–H and O–H groups in total. The Labute approximate surface area is 216 Å². The number of morpholine rings is 1. The molecule has 3 aromatic rings. The zero-order valence-electron chi connectivity index (χ0n) is 20.5. The number of nitrogens with one attached hydrogen (secondary N) is 1. The number of benzene rings is 2. The Morgan fingerprint density at radius 1 is 1.16 bits per heavy atom. The molecule has 1 fully saturated rings. The second-order valence-corrected chi connectivity index (χ2v) is 9.66. The van der Waals surface area contributed by atoms with Crippen LogP contribution in [-0.4, -0.2) is 54.7 Å². The zero-order chi connectivity index (χ0) is 26.6. The van der Waals surface area contributed by atoms with Crippen molar-refractivity contribution in [3.05, 3.63) is 64.9 Å². The lowest BCUT2D eigenvalue weighted by molar-refractivity contribution is -0.142. The number of hydrogen-bond acceptors (Lipinski definition) is 5. The molecule has 1 aliphatic heterocycles. The number of carbonyl (C=O) groups excluding carboxylic acids is 2. The predicted octanol–water partition coefficient (Wildman–Crippen LogP) is 5.62. The van der Waals surface area contributed by atoms with Gasteiger partial charge in [-0.15, -0.1) is 0 Å². The van der Waals surface area contributed by atoms with Gasteiger partial charge < -0.3 is 19.4 Å². The first-order valence-electron chi connectivity index (χ1n) is 11.9. The molecule has 1 aromatic heterocycles. The van der Waals surface area contributed by atoms with Gasteiger partial charge in [-0.25, -0.2) is 0 Å². The summed E-state index contributed by atoms with van der Waals surface area (Å²) in [6, 6.07) is 9.35. The van der Waals surface area contributed by atoms with Gasteiger partial charge in [0.1, 0.15) is 0 Å². The number of aromatic amines is 1. The highest BCUT2D eigenvalue weighted by molar-refractivity contribution is 7.99. The summed E-state index contributed by atoms with van der Waals surface area (Å²) in [6.45, 7) is 5.66. The molecule has 6 nitrogen and oxygen atoms in total. The van der Waals surface area contributed by atoms with Crippen molar-refractivity contribution in [1.82, 2.24) is 9.88 Å². The van der Waals surface area contributed by atoms with E-state index >= 15 is 0 Å². The van der Waals surface area contributed by atoms with E-state index in [0.717, 1.165) is 40.0 Å². The smallest absolute Gasteiger partial charge is 0.417 e. The maximum Gasteiger partial charge on any atom is 0.417 e. The van der Waals surface area contributed by atoms with Crippen molar-refractivity contribution in [2.75, 3.05) is 32.9 Å². The Bertz CT molecular complexity index is 1330. The summed E-state index contributed by atoms with van der Waals surface area (Å²) in [5.41, 5.74) is 1.87. The number of amides is 1. The van der Waals surface area contributed by atoms with E-state index in [-0.39, 0.29) is 35.4 Å². The Kier molecular flexibility index (Phi) is 8.29. The van der Waals surface area contributed by atoms with Crippen LogP contribution in [0.15, 0.2) is 52.3 Å². The molecule has 4 rings (SSSR count). The molecule has 0 aliphatic carbocycles. The molecule has 0 atom stereocenters. The summed E-state index contributed by atoms with van der Waals surface area (Å²) in [4.78, 5) is 29.8. The summed E-state index contributed by atoms with van der Waals surface area (Å²) in [5, 5.41) is 0.769. The minimum Gasteiger partial charge on any atom is -0.466 e. The van der Waals surface area contributed by atoms with E-state index in [1.807, 2.05) is 6.92 Å².